The number of benzene rings is 2. The van der Waals surface area contributed by atoms with Crippen LogP contribution in [0.1, 0.15) is 56.6 Å². The van der Waals surface area contributed by atoms with Crippen LogP contribution in [0.5, 0.6) is 0 Å². The molecule has 14 heteroatoms. The molecule has 198 valence electrons. The number of rotatable bonds is 4. The molecule has 1 saturated carbocycles. The third-order valence-corrected chi connectivity index (χ3v) is 8.85. The zero-order valence-corrected chi connectivity index (χ0v) is 21.8. The summed E-state index contributed by atoms with van der Waals surface area (Å²) in [4.78, 5) is 22.1. The third-order valence-electron chi connectivity index (χ3n) is 7.39. The van der Waals surface area contributed by atoms with Crippen LogP contribution in [-0.2, 0) is 0 Å². The summed E-state index contributed by atoms with van der Waals surface area (Å²) in [6.07, 6.45) is 7.59. The lowest BCUT2D eigenvalue weighted by atomic mass is 9.91. The quantitative estimate of drug-likeness (QED) is 0.380. The van der Waals surface area contributed by atoms with Gasteiger partial charge in [0.25, 0.3) is 5.69 Å². The Balaban J connectivity index is 1.42. The van der Waals surface area contributed by atoms with Gasteiger partial charge in [0.1, 0.15) is 16.6 Å². The van der Waals surface area contributed by atoms with Crippen LogP contribution in [0.15, 0.2) is 52.7 Å². The van der Waals surface area contributed by atoms with Crippen molar-refractivity contribution in [2.45, 2.75) is 61.9 Å². The zero-order valence-electron chi connectivity index (χ0n) is 20.2. The van der Waals surface area contributed by atoms with Crippen LogP contribution in [0.4, 0.5) is 17.1 Å². The molecule has 2 atom stereocenters. The van der Waals surface area contributed by atoms with Crippen molar-refractivity contribution in [1.82, 2.24) is 15.9 Å². The molecule has 0 amide bonds. The van der Waals surface area contributed by atoms with E-state index >= 15 is 0 Å². The van der Waals surface area contributed by atoms with Crippen molar-refractivity contribution in [3.63, 3.8) is 0 Å². The molecule has 38 heavy (non-hydrogen) atoms. The lowest BCUT2D eigenvalue weighted by molar-refractivity contribution is -0.393. The number of nitro groups is 2. The first-order valence-corrected chi connectivity index (χ1v) is 13.8. The molecule has 3 aliphatic heterocycles. The molecule has 0 aromatic heterocycles. The Labute approximate surface area is 227 Å². The Bertz CT molecular complexity index is 1350. The van der Waals surface area contributed by atoms with E-state index in [1.165, 1.54) is 43.2 Å². The molecule has 1 saturated heterocycles. The first-order chi connectivity index (χ1) is 18.3. The topological polar surface area (TPSA) is 142 Å². The van der Waals surface area contributed by atoms with Crippen LogP contribution in [0.25, 0.3) is 0 Å². The third kappa shape index (κ3) is 4.33. The standard InChI is InChI=1S/C24H25ClN8O4S/c25-16-8-6-15(7-9-16)20-21-22(27-30(20)18-11-10-17(32(34)35)14-19(18)33(36)37)31-23(38-21)26-28-24(29-31)12-4-2-1-3-5-13-24/h6-11,14,20-21,28-29H,1-5,12-13H2. The molecule has 3 heterocycles. The summed E-state index contributed by atoms with van der Waals surface area (Å²) in [5, 5.41) is 37.6. The Hall–Kier alpha value is -3.42. The van der Waals surface area contributed by atoms with Crippen molar-refractivity contribution in [1.29, 1.82) is 0 Å². The maximum Gasteiger partial charge on any atom is 0.301 e. The lowest BCUT2D eigenvalue weighted by Gasteiger charge is -2.42. The van der Waals surface area contributed by atoms with E-state index in [0.29, 0.717) is 10.9 Å². The molecule has 1 spiro atoms. The van der Waals surface area contributed by atoms with E-state index in [0.717, 1.165) is 42.5 Å². The second kappa shape index (κ2) is 9.71. The number of amidine groups is 2. The first-order valence-electron chi connectivity index (χ1n) is 12.5. The van der Waals surface area contributed by atoms with Crippen LogP contribution < -0.4 is 15.9 Å². The number of nitrogens with one attached hydrogen (secondary N) is 2. The highest BCUT2D eigenvalue weighted by atomic mass is 35.5. The van der Waals surface area contributed by atoms with Gasteiger partial charge in [-0.05, 0) is 49.4 Å². The van der Waals surface area contributed by atoms with Crippen LogP contribution in [-0.4, -0.2) is 36.8 Å². The molecule has 2 aromatic rings. The number of fused-ring (bicyclic) bond motifs is 3. The van der Waals surface area contributed by atoms with Gasteiger partial charge in [0.05, 0.1) is 22.0 Å². The van der Waals surface area contributed by atoms with Gasteiger partial charge in [-0.2, -0.15) is 15.6 Å². The fraction of sp³-hybridized carbons (Fsp3) is 0.417. The molecule has 2 N–H and O–H groups in total. The zero-order chi connectivity index (χ0) is 26.4. The van der Waals surface area contributed by atoms with Gasteiger partial charge < -0.3 is 0 Å². The summed E-state index contributed by atoms with van der Waals surface area (Å²) in [6, 6.07) is 10.5. The van der Waals surface area contributed by atoms with Crippen LogP contribution >= 0.6 is 23.4 Å². The molecule has 4 aliphatic rings. The average Bonchev–Trinajstić information content (AvgIpc) is 3.42. The number of thioether (sulfide) groups is 1. The molecule has 6 rings (SSSR count). The molecular weight excluding hydrogens is 532 g/mol. The minimum atomic E-state index is -0.643. The van der Waals surface area contributed by atoms with Crippen molar-refractivity contribution in [3.05, 3.63) is 73.3 Å². The Morgan fingerprint density at radius 2 is 1.71 bits per heavy atom. The van der Waals surface area contributed by atoms with E-state index in [2.05, 4.69) is 10.9 Å². The highest BCUT2D eigenvalue weighted by molar-refractivity contribution is 8.15. The van der Waals surface area contributed by atoms with Gasteiger partial charge in [0, 0.05) is 11.1 Å². The van der Waals surface area contributed by atoms with Crippen molar-refractivity contribution < 1.29 is 9.85 Å². The average molecular weight is 557 g/mol. The maximum atomic E-state index is 12.0. The second-order valence-corrected chi connectivity index (χ2v) is 11.4. The molecule has 2 aromatic carbocycles. The minimum Gasteiger partial charge on any atom is -0.286 e. The summed E-state index contributed by atoms with van der Waals surface area (Å²) in [6.45, 7) is 0. The summed E-state index contributed by atoms with van der Waals surface area (Å²) in [7, 11) is 0. The van der Waals surface area contributed by atoms with Gasteiger partial charge >= 0.3 is 5.69 Å². The highest BCUT2D eigenvalue weighted by Gasteiger charge is 2.53. The van der Waals surface area contributed by atoms with Gasteiger partial charge in [-0.15, -0.1) is 0 Å². The largest absolute Gasteiger partial charge is 0.301 e. The van der Waals surface area contributed by atoms with Crippen LogP contribution in [0.3, 0.4) is 0 Å². The van der Waals surface area contributed by atoms with Crippen molar-refractivity contribution >= 4 is 51.4 Å². The van der Waals surface area contributed by atoms with E-state index in [1.54, 1.807) is 17.1 Å². The van der Waals surface area contributed by atoms with Gasteiger partial charge in [-0.1, -0.05) is 54.8 Å². The number of hydrogen-bond donors (Lipinski definition) is 2. The van der Waals surface area contributed by atoms with E-state index in [9.17, 15) is 20.2 Å². The number of halogens is 1. The number of non-ortho nitro benzene ring substituents is 1. The number of nitro benzene ring substituents is 2. The molecular formula is C24H25ClN8O4S. The van der Waals surface area contributed by atoms with E-state index in [-0.39, 0.29) is 28.0 Å². The normalized spacial score (nSPS) is 24.0. The molecule has 0 radical (unpaired) electrons. The van der Waals surface area contributed by atoms with Gasteiger partial charge in [0.2, 0.25) is 5.17 Å². The lowest BCUT2D eigenvalue weighted by Crippen LogP contribution is -2.66. The first kappa shape index (κ1) is 24.9. The maximum absolute atomic E-state index is 12.0. The monoisotopic (exact) mass is 556 g/mol. The number of hydrogen-bond acceptors (Lipinski definition) is 11. The summed E-state index contributed by atoms with van der Waals surface area (Å²) >= 11 is 7.67. The summed E-state index contributed by atoms with van der Waals surface area (Å²) in [5.74, 6) is 0.685. The second-order valence-electron chi connectivity index (χ2n) is 9.83. The SMILES string of the molecule is O=[N+]([O-])c1ccc(N2N=C3C(SC4=NNC5(CCCCCCC5)NN43)C2c2ccc(Cl)cc2)c([N+](=O)[O-])c1. The number of hydrazine groups is 1. The predicted octanol–water partition coefficient (Wildman–Crippen LogP) is 5.27. The van der Waals surface area contributed by atoms with E-state index in [4.69, 9.17) is 21.8 Å². The molecule has 0 bridgehead atoms. The summed E-state index contributed by atoms with van der Waals surface area (Å²) in [5.41, 5.74) is 6.95. The fourth-order valence-electron chi connectivity index (χ4n) is 5.51. The number of hydrazone groups is 2. The van der Waals surface area contributed by atoms with Gasteiger partial charge in [0.15, 0.2) is 5.84 Å². The molecule has 2 unspecified atom stereocenters. The Morgan fingerprint density at radius 1 is 1.00 bits per heavy atom. The molecule has 2 fully saturated rings. The van der Waals surface area contributed by atoms with Crippen molar-refractivity contribution in [3.8, 4) is 0 Å². The molecule has 12 nitrogen and oxygen atoms in total. The number of nitrogens with zero attached hydrogens (tertiary/aromatic N) is 6. The smallest absolute Gasteiger partial charge is 0.286 e. The van der Waals surface area contributed by atoms with Crippen molar-refractivity contribution in [2.75, 3.05) is 5.01 Å². The van der Waals surface area contributed by atoms with Gasteiger partial charge in [-0.25, -0.2) is 10.0 Å². The Morgan fingerprint density at radius 3 is 2.39 bits per heavy atom. The fourth-order valence-corrected chi connectivity index (χ4v) is 6.86. The number of anilines is 1. The molecule has 1 aliphatic carbocycles. The van der Waals surface area contributed by atoms with Gasteiger partial charge in [-0.3, -0.25) is 25.7 Å². The van der Waals surface area contributed by atoms with Crippen molar-refractivity contribution in [2.24, 2.45) is 10.2 Å². The predicted molar refractivity (Wildman–Crippen MR) is 146 cm³/mol. The summed E-state index contributed by atoms with van der Waals surface area (Å²) < 4.78 is 0. The minimum absolute atomic E-state index is 0.178. The highest BCUT2D eigenvalue weighted by Crippen LogP contribution is 2.49. The Kier molecular flexibility index (Phi) is 6.36. The van der Waals surface area contributed by atoms with Crippen LogP contribution in [0.2, 0.25) is 5.02 Å². The van der Waals surface area contributed by atoms with E-state index in [1.807, 2.05) is 17.1 Å². The van der Waals surface area contributed by atoms with Crippen LogP contribution in [0, 0.1) is 20.2 Å². The van der Waals surface area contributed by atoms with E-state index < -0.39 is 15.9 Å².